The van der Waals surface area contributed by atoms with Crippen LogP contribution in [0.5, 0.6) is 11.5 Å². The Morgan fingerprint density at radius 3 is 2.55 bits per heavy atom. The van der Waals surface area contributed by atoms with Crippen LogP contribution < -0.4 is 19.5 Å². The molecule has 9 heteroatoms. The third-order valence-corrected chi connectivity index (χ3v) is 7.28. The lowest BCUT2D eigenvalue weighted by Gasteiger charge is -2.36. The summed E-state index contributed by atoms with van der Waals surface area (Å²) in [5.41, 5.74) is 1.26. The average molecular weight is 476 g/mol. The number of piperidine rings is 1. The van der Waals surface area contributed by atoms with E-state index in [1.807, 2.05) is 18.2 Å². The smallest absolute Gasteiger partial charge is 0.240 e. The predicted molar refractivity (Wildman–Crippen MR) is 127 cm³/mol. The lowest BCUT2D eigenvalue weighted by atomic mass is 10.0. The fourth-order valence-corrected chi connectivity index (χ4v) is 5.05. The Balaban J connectivity index is 1.46. The number of ether oxygens (including phenoxy) is 2. The van der Waals surface area contributed by atoms with Crippen LogP contribution in [0.15, 0.2) is 53.4 Å². The van der Waals surface area contributed by atoms with Crippen molar-refractivity contribution in [3.63, 3.8) is 0 Å². The van der Waals surface area contributed by atoms with E-state index in [9.17, 15) is 13.2 Å². The summed E-state index contributed by atoms with van der Waals surface area (Å²) >= 11 is 0. The number of benzene rings is 2. The molecule has 1 atom stereocenters. The van der Waals surface area contributed by atoms with Gasteiger partial charge in [0.2, 0.25) is 15.9 Å². The maximum atomic E-state index is 12.6. The first-order valence-electron chi connectivity index (χ1n) is 11.2. The highest BCUT2D eigenvalue weighted by Crippen LogP contribution is 2.29. The zero-order valence-electron chi connectivity index (χ0n) is 19.2. The molecule has 0 aromatic heterocycles. The molecule has 8 nitrogen and oxygen atoms in total. The molecule has 1 saturated heterocycles. The molecule has 1 heterocycles. The van der Waals surface area contributed by atoms with Crippen LogP contribution in [0.3, 0.4) is 0 Å². The molecule has 1 fully saturated rings. The van der Waals surface area contributed by atoms with E-state index >= 15 is 0 Å². The molecule has 0 spiro atoms. The first-order chi connectivity index (χ1) is 15.9. The number of sulfonamides is 1. The van der Waals surface area contributed by atoms with Crippen molar-refractivity contribution in [2.24, 2.45) is 0 Å². The minimum Gasteiger partial charge on any atom is -0.493 e. The van der Waals surface area contributed by atoms with E-state index in [1.165, 1.54) is 38.0 Å². The number of rotatable bonds is 11. The van der Waals surface area contributed by atoms with E-state index in [0.29, 0.717) is 18.0 Å². The normalized spacial score (nSPS) is 16.8. The second-order valence-electron chi connectivity index (χ2n) is 8.07. The van der Waals surface area contributed by atoms with Gasteiger partial charge in [-0.25, -0.2) is 13.1 Å². The SMILES string of the molecule is COc1ccc(S(=O)(=O)NCCC(=O)NCC2CCCCN2Cc2ccccc2)cc1OC. The second-order valence-corrected chi connectivity index (χ2v) is 9.84. The summed E-state index contributed by atoms with van der Waals surface area (Å²) in [5.74, 6) is 0.598. The molecule has 0 bridgehead atoms. The highest BCUT2D eigenvalue weighted by Gasteiger charge is 2.23. The monoisotopic (exact) mass is 475 g/mol. The summed E-state index contributed by atoms with van der Waals surface area (Å²) in [6.07, 6.45) is 3.42. The summed E-state index contributed by atoms with van der Waals surface area (Å²) in [4.78, 5) is 14.8. The largest absolute Gasteiger partial charge is 0.493 e. The molecule has 1 aliphatic rings. The van der Waals surface area contributed by atoms with E-state index in [1.54, 1.807) is 0 Å². The van der Waals surface area contributed by atoms with Crippen LogP contribution in [0.1, 0.15) is 31.2 Å². The molecular formula is C24H33N3O5S. The van der Waals surface area contributed by atoms with Crippen molar-refractivity contribution in [1.29, 1.82) is 0 Å². The fourth-order valence-electron chi connectivity index (χ4n) is 4.00. The predicted octanol–water partition coefficient (Wildman–Crippen LogP) is 2.54. The molecule has 2 aromatic rings. The number of hydrogen-bond acceptors (Lipinski definition) is 6. The Bertz CT molecular complexity index is 1010. The summed E-state index contributed by atoms with van der Waals surface area (Å²) in [5, 5.41) is 2.98. The number of hydrogen-bond donors (Lipinski definition) is 2. The lowest BCUT2D eigenvalue weighted by Crippen LogP contribution is -2.46. The van der Waals surface area contributed by atoms with Gasteiger partial charge in [0.1, 0.15) is 0 Å². The van der Waals surface area contributed by atoms with Crippen LogP contribution in [-0.4, -0.2) is 59.1 Å². The Kier molecular flexibility index (Phi) is 9.11. The molecule has 180 valence electrons. The second kappa shape index (κ2) is 12.0. The van der Waals surface area contributed by atoms with Crippen LogP contribution in [-0.2, 0) is 21.4 Å². The van der Waals surface area contributed by atoms with Gasteiger partial charge < -0.3 is 14.8 Å². The number of carbonyl (C=O) groups is 1. The van der Waals surface area contributed by atoms with Crippen molar-refractivity contribution in [1.82, 2.24) is 14.9 Å². The minimum absolute atomic E-state index is 0.0148. The number of amides is 1. The zero-order valence-corrected chi connectivity index (χ0v) is 20.1. The summed E-state index contributed by atoms with van der Waals surface area (Å²) in [6, 6.07) is 15.0. The number of nitrogens with one attached hydrogen (secondary N) is 2. The highest BCUT2D eigenvalue weighted by atomic mass is 32.2. The van der Waals surface area contributed by atoms with E-state index in [4.69, 9.17) is 9.47 Å². The van der Waals surface area contributed by atoms with Gasteiger partial charge in [0, 0.05) is 38.2 Å². The van der Waals surface area contributed by atoms with Crippen molar-refractivity contribution in [3.8, 4) is 11.5 Å². The summed E-state index contributed by atoms with van der Waals surface area (Å²) in [7, 11) is -0.839. The first-order valence-corrected chi connectivity index (χ1v) is 12.7. The first kappa shape index (κ1) is 25.0. The van der Waals surface area contributed by atoms with Gasteiger partial charge in [-0.15, -0.1) is 0 Å². The Morgan fingerprint density at radius 1 is 1.06 bits per heavy atom. The van der Waals surface area contributed by atoms with Crippen molar-refractivity contribution >= 4 is 15.9 Å². The molecule has 0 radical (unpaired) electrons. The lowest BCUT2D eigenvalue weighted by molar-refractivity contribution is -0.121. The van der Waals surface area contributed by atoms with Crippen molar-refractivity contribution < 1.29 is 22.7 Å². The Morgan fingerprint density at radius 2 is 1.82 bits per heavy atom. The molecule has 1 amide bonds. The van der Waals surface area contributed by atoms with Crippen LogP contribution >= 0.6 is 0 Å². The van der Waals surface area contributed by atoms with Gasteiger partial charge in [-0.3, -0.25) is 9.69 Å². The molecule has 1 aliphatic heterocycles. The quantitative estimate of drug-likeness (QED) is 0.519. The maximum Gasteiger partial charge on any atom is 0.240 e. The van der Waals surface area contributed by atoms with Gasteiger partial charge in [0.05, 0.1) is 19.1 Å². The minimum atomic E-state index is -3.77. The van der Waals surface area contributed by atoms with Crippen LogP contribution in [0.4, 0.5) is 0 Å². The van der Waals surface area contributed by atoms with Gasteiger partial charge in [-0.2, -0.15) is 0 Å². The van der Waals surface area contributed by atoms with Gasteiger partial charge in [0.15, 0.2) is 11.5 Å². The van der Waals surface area contributed by atoms with E-state index in [0.717, 1.165) is 32.4 Å². The van der Waals surface area contributed by atoms with Gasteiger partial charge in [-0.1, -0.05) is 36.8 Å². The fraction of sp³-hybridized carbons (Fsp3) is 0.458. The Labute approximate surface area is 196 Å². The number of methoxy groups -OCH3 is 2. The number of nitrogens with zero attached hydrogens (tertiary/aromatic N) is 1. The maximum absolute atomic E-state index is 12.6. The van der Waals surface area contributed by atoms with E-state index in [-0.39, 0.29) is 29.8 Å². The molecule has 2 N–H and O–H groups in total. The molecule has 0 aliphatic carbocycles. The summed E-state index contributed by atoms with van der Waals surface area (Å²) < 4.78 is 37.9. The highest BCUT2D eigenvalue weighted by molar-refractivity contribution is 7.89. The van der Waals surface area contributed by atoms with Crippen molar-refractivity contribution in [3.05, 3.63) is 54.1 Å². The molecule has 2 aromatic carbocycles. The van der Waals surface area contributed by atoms with Crippen LogP contribution in [0.25, 0.3) is 0 Å². The average Bonchev–Trinajstić information content (AvgIpc) is 2.83. The standard InChI is InChI=1S/C24H33N3O5S/c1-31-22-12-11-21(16-23(22)32-2)33(29,30)26-14-13-24(28)25-17-20-10-6-7-15-27(20)18-19-8-4-3-5-9-19/h3-5,8-9,11-12,16,20,26H,6-7,10,13-15,17-18H2,1-2H3,(H,25,28). The molecule has 33 heavy (non-hydrogen) atoms. The topological polar surface area (TPSA) is 97.0 Å². The van der Waals surface area contributed by atoms with E-state index in [2.05, 4.69) is 27.1 Å². The van der Waals surface area contributed by atoms with Crippen LogP contribution in [0.2, 0.25) is 0 Å². The van der Waals surface area contributed by atoms with Gasteiger partial charge in [-0.05, 0) is 37.1 Å². The third kappa shape index (κ3) is 7.18. The molecule has 0 saturated carbocycles. The van der Waals surface area contributed by atoms with E-state index < -0.39 is 10.0 Å². The summed E-state index contributed by atoms with van der Waals surface area (Å²) in [6.45, 7) is 2.46. The molecule has 3 rings (SSSR count). The Hall–Kier alpha value is -2.62. The van der Waals surface area contributed by atoms with Gasteiger partial charge >= 0.3 is 0 Å². The molecular weight excluding hydrogens is 442 g/mol. The molecule has 1 unspecified atom stereocenters. The van der Waals surface area contributed by atoms with Crippen molar-refractivity contribution in [2.45, 2.75) is 43.2 Å². The van der Waals surface area contributed by atoms with Crippen LogP contribution in [0, 0.1) is 0 Å². The number of likely N-dealkylation sites (tertiary alicyclic amines) is 1. The van der Waals surface area contributed by atoms with Crippen molar-refractivity contribution in [2.75, 3.05) is 33.9 Å². The third-order valence-electron chi connectivity index (χ3n) is 5.82. The zero-order chi connectivity index (χ0) is 23.7. The number of carbonyl (C=O) groups excluding carboxylic acids is 1. The van der Waals surface area contributed by atoms with Gasteiger partial charge in [0.25, 0.3) is 0 Å².